The van der Waals surface area contributed by atoms with Crippen LogP contribution in [0.25, 0.3) is 0 Å². The Morgan fingerprint density at radius 1 is 1.00 bits per heavy atom. The summed E-state index contributed by atoms with van der Waals surface area (Å²) in [6, 6.07) is 14.7. The van der Waals surface area contributed by atoms with E-state index >= 15 is 0 Å². The summed E-state index contributed by atoms with van der Waals surface area (Å²) in [6.07, 6.45) is 1.69. The van der Waals surface area contributed by atoms with Crippen molar-refractivity contribution < 1.29 is 5.11 Å². The first-order valence-electron chi connectivity index (χ1n) is 6.30. The van der Waals surface area contributed by atoms with E-state index in [0.29, 0.717) is 5.02 Å². The molecule has 4 nitrogen and oxygen atoms in total. The maximum absolute atomic E-state index is 9.45. The highest BCUT2D eigenvalue weighted by Gasteiger charge is 2.15. The molecule has 0 aliphatic heterocycles. The van der Waals surface area contributed by atoms with Crippen molar-refractivity contribution in [2.45, 2.75) is 6.04 Å². The summed E-state index contributed by atoms with van der Waals surface area (Å²) < 4.78 is 3.86. The third-order valence-corrected chi connectivity index (χ3v) is 3.93. The molecule has 2 N–H and O–H groups in total. The Morgan fingerprint density at radius 3 is 2.19 bits per heavy atom. The van der Waals surface area contributed by atoms with Gasteiger partial charge < -0.3 is 10.4 Å². The molecule has 0 saturated carbocycles. The van der Waals surface area contributed by atoms with Crippen molar-refractivity contribution in [3.63, 3.8) is 0 Å². The Hall–Kier alpha value is -2.11. The zero-order chi connectivity index (χ0) is 14.7. The lowest BCUT2D eigenvalue weighted by molar-refractivity contribution is 0.475. The van der Waals surface area contributed by atoms with Gasteiger partial charge in [-0.3, -0.25) is 0 Å². The maximum atomic E-state index is 9.45. The number of rotatable bonds is 4. The van der Waals surface area contributed by atoms with Crippen LogP contribution in [0.2, 0.25) is 5.02 Å². The van der Waals surface area contributed by atoms with Crippen LogP contribution in [0.3, 0.4) is 0 Å². The number of phenolic OH excluding ortho intramolecular Hbond substituents is 1. The summed E-state index contributed by atoms with van der Waals surface area (Å²) in [6.45, 7) is 0. The van der Waals surface area contributed by atoms with Crippen molar-refractivity contribution in [3.05, 3.63) is 70.9 Å². The lowest BCUT2D eigenvalue weighted by atomic mass is 9.99. The molecule has 0 aliphatic rings. The topological polar surface area (TPSA) is 58.0 Å². The van der Waals surface area contributed by atoms with Gasteiger partial charge >= 0.3 is 0 Å². The van der Waals surface area contributed by atoms with Gasteiger partial charge in [-0.15, -0.1) is 5.10 Å². The zero-order valence-electron chi connectivity index (χ0n) is 10.9. The van der Waals surface area contributed by atoms with E-state index in [1.54, 1.807) is 18.3 Å². The third kappa shape index (κ3) is 3.32. The predicted octanol–water partition coefficient (Wildman–Crippen LogP) is 4.10. The fourth-order valence-corrected chi connectivity index (χ4v) is 2.63. The van der Waals surface area contributed by atoms with Gasteiger partial charge in [0.25, 0.3) is 0 Å². The van der Waals surface area contributed by atoms with Gasteiger partial charge in [-0.05, 0) is 35.4 Å². The molecule has 1 unspecified atom stereocenters. The first-order chi connectivity index (χ1) is 10.2. The summed E-state index contributed by atoms with van der Waals surface area (Å²) >= 11 is 7.25. The molecular formula is C15H12ClN3OS. The van der Waals surface area contributed by atoms with E-state index < -0.39 is 0 Å². The minimum atomic E-state index is -0.0647. The van der Waals surface area contributed by atoms with E-state index in [4.69, 9.17) is 11.6 Å². The molecule has 0 amide bonds. The number of aromatic hydroxyl groups is 1. The van der Waals surface area contributed by atoms with E-state index in [1.165, 1.54) is 11.5 Å². The molecule has 21 heavy (non-hydrogen) atoms. The number of halogens is 1. The Labute approximate surface area is 131 Å². The molecule has 3 rings (SSSR count). The second kappa shape index (κ2) is 6.11. The molecule has 0 spiro atoms. The SMILES string of the molecule is Oc1ccc(C(Nc2cnns2)c2ccc(Cl)cc2)cc1. The fraction of sp³-hybridized carbons (Fsp3) is 0.0667. The van der Waals surface area contributed by atoms with Gasteiger partial charge in [-0.25, -0.2) is 0 Å². The molecule has 106 valence electrons. The number of anilines is 1. The molecule has 3 aromatic rings. The largest absolute Gasteiger partial charge is 0.508 e. The van der Waals surface area contributed by atoms with Crippen molar-refractivity contribution in [1.29, 1.82) is 0 Å². The number of benzene rings is 2. The number of hydrogen-bond acceptors (Lipinski definition) is 5. The van der Waals surface area contributed by atoms with Crippen LogP contribution in [-0.4, -0.2) is 14.7 Å². The summed E-state index contributed by atoms with van der Waals surface area (Å²) in [5, 5.41) is 18.3. The molecule has 0 radical (unpaired) electrons. The Morgan fingerprint density at radius 2 is 1.62 bits per heavy atom. The molecule has 0 saturated heterocycles. The van der Waals surface area contributed by atoms with E-state index in [-0.39, 0.29) is 11.8 Å². The molecule has 0 aliphatic carbocycles. The van der Waals surface area contributed by atoms with Crippen LogP contribution >= 0.6 is 23.1 Å². The average molecular weight is 318 g/mol. The standard InChI is InChI=1S/C15H12ClN3OS/c16-12-5-1-10(2-6-12)15(18-14-9-17-19-21-14)11-3-7-13(20)8-4-11/h1-9,15,18,20H. The highest BCUT2D eigenvalue weighted by molar-refractivity contribution is 7.09. The predicted molar refractivity (Wildman–Crippen MR) is 84.9 cm³/mol. The monoisotopic (exact) mass is 317 g/mol. The second-order valence-corrected chi connectivity index (χ2v) is 5.72. The van der Waals surface area contributed by atoms with Crippen LogP contribution in [0, 0.1) is 0 Å². The highest BCUT2D eigenvalue weighted by atomic mass is 35.5. The maximum Gasteiger partial charge on any atom is 0.130 e. The van der Waals surface area contributed by atoms with Gasteiger partial charge in [0.05, 0.1) is 12.2 Å². The third-order valence-electron chi connectivity index (χ3n) is 3.08. The minimum Gasteiger partial charge on any atom is -0.508 e. The molecule has 0 bridgehead atoms. The Bertz CT molecular complexity index is 653. The molecule has 2 aromatic carbocycles. The second-order valence-electron chi connectivity index (χ2n) is 4.50. The van der Waals surface area contributed by atoms with Gasteiger partial charge in [0, 0.05) is 16.6 Å². The van der Waals surface area contributed by atoms with Gasteiger partial charge in [0.15, 0.2) is 0 Å². The van der Waals surface area contributed by atoms with Crippen LogP contribution < -0.4 is 5.32 Å². The van der Waals surface area contributed by atoms with Gasteiger partial charge in [0.1, 0.15) is 10.8 Å². The smallest absolute Gasteiger partial charge is 0.130 e. The number of aromatic nitrogens is 2. The molecular weight excluding hydrogens is 306 g/mol. The van der Waals surface area contributed by atoms with Crippen molar-refractivity contribution in [3.8, 4) is 5.75 Å². The van der Waals surface area contributed by atoms with Crippen molar-refractivity contribution >= 4 is 28.1 Å². The number of phenols is 1. The Kier molecular flexibility index (Phi) is 4.03. The minimum absolute atomic E-state index is 0.0647. The fourth-order valence-electron chi connectivity index (χ4n) is 2.05. The summed E-state index contributed by atoms with van der Waals surface area (Å²) in [4.78, 5) is 0. The number of hydrogen-bond donors (Lipinski definition) is 2. The van der Waals surface area contributed by atoms with E-state index in [2.05, 4.69) is 14.9 Å². The van der Waals surface area contributed by atoms with Crippen LogP contribution in [0.15, 0.2) is 54.7 Å². The summed E-state index contributed by atoms with van der Waals surface area (Å²) in [5.41, 5.74) is 2.10. The van der Waals surface area contributed by atoms with Crippen LogP contribution in [-0.2, 0) is 0 Å². The Balaban J connectivity index is 1.97. The number of nitrogens with zero attached hydrogens (tertiary/aromatic N) is 2. The average Bonchev–Trinajstić information content (AvgIpc) is 3.00. The van der Waals surface area contributed by atoms with Crippen molar-refractivity contribution in [2.24, 2.45) is 0 Å². The number of nitrogens with one attached hydrogen (secondary N) is 1. The van der Waals surface area contributed by atoms with Crippen LogP contribution in [0.5, 0.6) is 5.75 Å². The first kappa shape index (κ1) is 13.9. The van der Waals surface area contributed by atoms with E-state index in [1.807, 2.05) is 36.4 Å². The summed E-state index contributed by atoms with van der Waals surface area (Å²) in [5.74, 6) is 0.244. The van der Waals surface area contributed by atoms with Gasteiger partial charge in [-0.2, -0.15) is 0 Å². The molecule has 1 aromatic heterocycles. The molecule has 1 heterocycles. The van der Waals surface area contributed by atoms with Crippen molar-refractivity contribution in [1.82, 2.24) is 9.59 Å². The van der Waals surface area contributed by atoms with Crippen molar-refractivity contribution in [2.75, 3.05) is 5.32 Å². The molecule has 0 fully saturated rings. The zero-order valence-corrected chi connectivity index (χ0v) is 12.5. The summed E-state index contributed by atoms with van der Waals surface area (Å²) in [7, 11) is 0. The lowest BCUT2D eigenvalue weighted by Gasteiger charge is -2.19. The van der Waals surface area contributed by atoms with E-state index in [0.717, 1.165) is 16.1 Å². The quantitative estimate of drug-likeness (QED) is 0.760. The highest BCUT2D eigenvalue weighted by Crippen LogP contribution is 2.29. The van der Waals surface area contributed by atoms with Crippen LogP contribution in [0.4, 0.5) is 5.00 Å². The van der Waals surface area contributed by atoms with Gasteiger partial charge in [-0.1, -0.05) is 40.4 Å². The van der Waals surface area contributed by atoms with E-state index in [9.17, 15) is 5.11 Å². The van der Waals surface area contributed by atoms with Gasteiger partial charge in [0.2, 0.25) is 0 Å². The molecule has 1 atom stereocenters. The molecule has 6 heteroatoms. The van der Waals surface area contributed by atoms with Crippen LogP contribution in [0.1, 0.15) is 17.2 Å². The normalized spacial score (nSPS) is 12.0. The lowest BCUT2D eigenvalue weighted by Crippen LogP contribution is -2.11. The first-order valence-corrected chi connectivity index (χ1v) is 7.46.